The van der Waals surface area contributed by atoms with E-state index < -0.39 is 11.9 Å². The van der Waals surface area contributed by atoms with Gasteiger partial charge in [-0.2, -0.15) is 0 Å². The van der Waals surface area contributed by atoms with Crippen LogP contribution in [0.1, 0.15) is 32.1 Å². The van der Waals surface area contributed by atoms with Gasteiger partial charge in [-0.05, 0) is 25.2 Å². The van der Waals surface area contributed by atoms with Crippen LogP contribution < -0.4 is 0 Å². The Labute approximate surface area is 114 Å². The first kappa shape index (κ1) is 13.8. The lowest BCUT2D eigenvalue weighted by Crippen LogP contribution is -2.47. The van der Waals surface area contributed by atoms with Gasteiger partial charge in [0.05, 0.1) is 32.0 Å². The number of aliphatic hydroxyl groups excluding tert-OH is 1. The van der Waals surface area contributed by atoms with Crippen LogP contribution in [-0.4, -0.2) is 56.1 Å². The zero-order valence-electron chi connectivity index (χ0n) is 11.4. The van der Waals surface area contributed by atoms with E-state index in [1.807, 2.05) is 0 Å². The molecule has 1 aliphatic carbocycles. The van der Waals surface area contributed by atoms with E-state index >= 15 is 0 Å². The Hall–Kier alpha value is -0.200. The first-order valence-electron chi connectivity index (χ1n) is 7.43. The van der Waals surface area contributed by atoms with E-state index in [-0.39, 0.29) is 6.10 Å². The summed E-state index contributed by atoms with van der Waals surface area (Å²) in [4.78, 5) is 0. The molecule has 5 nitrogen and oxygen atoms in total. The Morgan fingerprint density at radius 1 is 1.05 bits per heavy atom. The third-order valence-electron chi connectivity index (χ3n) is 4.46. The SMILES string of the molecule is OC1CCC2(CC1OCC1CCOCC1)OCCO2. The van der Waals surface area contributed by atoms with Gasteiger partial charge in [-0.1, -0.05) is 0 Å². The van der Waals surface area contributed by atoms with Crippen LogP contribution in [-0.2, 0) is 18.9 Å². The Kier molecular flexibility index (Phi) is 4.39. The summed E-state index contributed by atoms with van der Waals surface area (Å²) < 4.78 is 22.7. The number of rotatable bonds is 3. The fourth-order valence-electron chi connectivity index (χ4n) is 3.20. The number of hydrogen-bond acceptors (Lipinski definition) is 5. The van der Waals surface area contributed by atoms with Gasteiger partial charge < -0.3 is 24.1 Å². The van der Waals surface area contributed by atoms with E-state index in [0.29, 0.717) is 38.6 Å². The zero-order chi connectivity index (χ0) is 13.1. The maximum Gasteiger partial charge on any atom is 0.171 e. The highest BCUT2D eigenvalue weighted by Gasteiger charge is 2.45. The summed E-state index contributed by atoms with van der Waals surface area (Å²) in [5, 5.41) is 10.1. The van der Waals surface area contributed by atoms with Gasteiger partial charge in [-0.25, -0.2) is 0 Å². The smallest absolute Gasteiger partial charge is 0.171 e. The highest BCUT2D eigenvalue weighted by molar-refractivity contribution is 4.89. The van der Waals surface area contributed by atoms with E-state index in [1.54, 1.807) is 0 Å². The predicted octanol–water partition coefficient (Wildman–Crippen LogP) is 1.09. The van der Waals surface area contributed by atoms with Crippen LogP contribution in [0.3, 0.4) is 0 Å². The van der Waals surface area contributed by atoms with Gasteiger partial charge in [0.15, 0.2) is 5.79 Å². The van der Waals surface area contributed by atoms with E-state index in [1.165, 1.54) is 0 Å². The van der Waals surface area contributed by atoms with Gasteiger partial charge in [-0.15, -0.1) is 0 Å². The van der Waals surface area contributed by atoms with Crippen molar-refractivity contribution in [2.24, 2.45) is 5.92 Å². The molecule has 0 bridgehead atoms. The van der Waals surface area contributed by atoms with Crippen LogP contribution in [0.25, 0.3) is 0 Å². The van der Waals surface area contributed by atoms with Crippen molar-refractivity contribution < 1.29 is 24.1 Å². The number of hydrogen-bond donors (Lipinski definition) is 1. The normalized spacial score (nSPS) is 35.8. The fourth-order valence-corrected chi connectivity index (χ4v) is 3.20. The molecule has 2 atom stereocenters. The van der Waals surface area contributed by atoms with E-state index in [0.717, 1.165) is 32.5 Å². The van der Waals surface area contributed by atoms with Crippen LogP contribution in [0.4, 0.5) is 0 Å². The number of aliphatic hydroxyl groups is 1. The lowest BCUT2D eigenvalue weighted by atomic mass is 9.89. The molecule has 1 spiro atoms. The Balaban J connectivity index is 1.50. The van der Waals surface area contributed by atoms with Crippen LogP contribution in [0.5, 0.6) is 0 Å². The summed E-state index contributed by atoms with van der Waals surface area (Å²) in [5.41, 5.74) is 0. The third-order valence-corrected chi connectivity index (χ3v) is 4.46. The molecule has 5 heteroatoms. The molecule has 1 saturated carbocycles. The summed E-state index contributed by atoms with van der Waals surface area (Å²) in [7, 11) is 0. The summed E-state index contributed by atoms with van der Waals surface area (Å²) in [6.07, 6.45) is 3.68. The van der Waals surface area contributed by atoms with Crippen molar-refractivity contribution in [1.29, 1.82) is 0 Å². The van der Waals surface area contributed by atoms with Crippen LogP contribution in [0.15, 0.2) is 0 Å². The van der Waals surface area contributed by atoms with Gasteiger partial charge in [0.2, 0.25) is 0 Å². The van der Waals surface area contributed by atoms with E-state index in [4.69, 9.17) is 18.9 Å². The number of ether oxygens (including phenoxy) is 4. The molecule has 0 amide bonds. The maximum absolute atomic E-state index is 10.1. The highest BCUT2D eigenvalue weighted by atomic mass is 16.7. The lowest BCUT2D eigenvalue weighted by molar-refractivity contribution is -0.223. The molecule has 2 unspecified atom stereocenters. The topological polar surface area (TPSA) is 57.2 Å². The van der Waals surface area contributed by atoms with Crippen LogP contribution in [0.2, 0.25) is 0 Å². The third kappa shape index (κ3) is 3.28. The van der Waals surface area contributed by atoms with Gasteiger partial charge in [0.1, 0.15) is 0 Å². The Morgan fingerprint density at radius 3 is 2.53 bits per heavy atom. The molecule has 3 rings (SSSR count). The molecule has 3 fully saturated rings. The molecule has 2 saturated heterocycles. The molecule has 1 N–H and O–H groups in total. The van der Waals surface area contributed by atoms with Crippen molar-refractivity contribution >= 4 is 0 Å². The molecule has 110 valence electrons. The Morgan fingerprint density at radius 2 is 1.79 bits per heavy atom. The second kappa shape index (κ2) is 6.06. The summed E-state index contributed by atoms with van der Waals surface area (Å²) in [6.45, 7) is 3.68. The minimum absolute atomic E-state index is 0.158. The van der Waals surface area contributed by atoms with Gasteiger partial charge in [-0.3, -0.25) is 0 Å². The standard InChI is InChI=1S/C14H24O5/c15-12-1-4-14(18-7-8-19-14)9-13(12)17-10-11-2-5-16-6-3-11/h11-13,15H,1-10H2. The molecule has 3 aliphatic rings. The molecule has 19 heavy (non-hydrogen) atoms. The largest absolute Gasteiger partial charge is 0.390 e. The first-order valence-corrected chi connectivity index (χ1v) is 7.43. The molecule has 0 aromatic rings. The average molecular weight is 272 g/mol. The van der Waals surface area contributed by atoms with Crippen molar-refractivity contribution in [3.63, 3.8) is 0 Å². The van der Waals surface area contributed by atoms with Crippen molar-refractivity contribution in [3.05, 3.63) is 0 Å². The minimum atomic E-state index is -0.487. The summed E-state index contributed by atoms with van der Waals surface area (Å²) in [6, 6.07) is 0. The van der Waals surface area contributed by atoms with E-state index in [2.05, 4.69) is 0 Å². The summed E-state index contributed by atoms with van der Waals surface area (Å²) >= 11 is 0. The summed E-state index contributed by atoms with van der Waals surface area (Å²) in [5.74, 6) is 0.0729. The monoisotopic (exact) mass is 272 g/mol. The van der Waals surface area contributed by atoms with Gasteiger partial charge in [0, 0.05) is 26.1 Å². The van der Waals surface area contributed by atoms with Crippen molar-refractivity contribution in [3.8, 4) is 0 Å². The second-order valence-corrected chi connectivity index (χ2v) is 5.85. The predicted molar refractivity (Wildman–Crippen MR) is 67.8 cm³/mol. The molecule has 0 aromatic carbocycles. The molecule has 2 heterocycles. The minimum Gasteiger partial charge on any atom is -0.390 e. The zero-order valence-corrected chi connectivity index (χ0v) is 11.4. The van der Waals surface area contributed by atoms with Crippen LogP contribution >= 0.6 is 0 Å². The quantitative estimate of drug-likeness (QED) is 0.833. The van der Waals surface area contributed by atoms with Crippen LogP contribution in [0, 0.1) is 5.92 Å². The van der Waals surface area contributed by atoms with Crippen molar-refractivity contribution in [2.75, 3.05) is 33.0 Å². The fraction of sp³-hybridized carbons (Fsp3) is 1.00. The maximum atomic E-state index is 10.1. The van der Waals surface area contributed by atoms with Crippen molar-refractivity contribution in [1.82, 2.24) is 0 Å². The van der Waals surface area contributed by atoms with E-state index in [9.17, 15) is 5.11 Å². The second-order valence-electron chi connectivity index (χ2n) is 5.85. The van der Waals surface area contributed by atoms with Gasteiger partial charge >= 0.3 is 0 Å². The average Bonchev–Trinajstić information content (AvgIpc) is 2.90. The molecule has 0 radical (unpaired) electrons. The Bertz CT molecular complexity index is 284. The van der Waals surface area contributed by atoms with Crippen molar-refractivity contribution in [2.45, 2.75) is 50.1 Å². The molecule has 2 aliphatic heterocycles. The van der Waals surface area contributed by atoms with Gasteiger partial charge in [0.25, 0.3) is 0 Å². The highest BCUT2D eigenvalue weighted by Crippen LogP contribution is 2.37. The molecule has 0 aromatic heterocycles. The molecular formula is C14H24O5. The first-order chi connectivity index (χ1) is 9.27. The lowest BCUT2D eigenvalue weighted by Gasteiger charge is -2.39. The molecular weight excluding hydrogens is 248 g/mol.